The molecule has 3 atom stereocenters. The highest BCUT2D eigenvalue weighted by molar-refractivity contribution is 5.85. The molecule has 0 bridgehead atoms. The van der Waals surface area contributed by atoms with Crippen molar-refractivity contribution >= 4 is 30.7 Å². The van der Waals surface area contributed by atoms with Crippen molar-refractivity contribution in [3.63, 3.8) is 0 Å². The lowest BCUT2D eigenvalue weighted by Gasteiger charge is -2.38. The average molecular weight is 416 g/mol. The first-order valence-corrected chi connectivity index (χ1v) is 9.89. The summed E-state index contributed by atoms with van der Waals surface area (Å²) in [6, 6.07) is 10.6. The number of nitrogens with zero attached hydrogens (tertiary/aromatic N) is 2. The minimum atomic E-state index is 0. The monoisotopic (exact) mass is 415 g/mol. The van der Waals surface area contributed by atoms with Gasteiger partial charge in [-0.25, -0.2) is 0 Å². The van der Waals surface area contributed by atoms with Crippen LogP contribution in [0.5, 0.6) is 0 Å². The zero-order valence-corrected chi connectivity index (χ0v) is 18.2. The Morgan fingerprint density at radius 1 is 1.07 bits per heavy atom. The number of amides is 1. The average Bonchev–Trinajstić information content (AvgIpc) is 3.07. The summed E-state index contributed by atoms with van der Waals surface area (Å²) in [7, 11) is 0. The van der Waals surface area contributed by atoms with Crippen molar-refractivity contribution < 1.29 is 4.79 Å². The lowest BCUT2D eigenvalue weighted by atomic mass is 9.89. The third-order valence-electron chi connectivity index (χ3n) is 5.95. The van der Waals surface area contributed by atoms with Crippen LogP contribution in [-0.4, -0.2) is 54.5 Å². The maximum atomic E-state index is 13.4. The van der Waals surface area contributed by atoms with Crippen LogP contribution in [-0.2, 0) is 4.79 Å². The van der Waals surface area contributed by atoms with Crippen molar-refractivity contribution in [3.8, 4) is 0 Å². The standard InChI is InChI=1S/C21H33N3O.2ClH/c1-16(2)20(23-11-7-4-8-12-23)21(25)24-14-18(13-22)19(15-24)17-9-5-3-6-10-17;;/h3,5-6,9-10,16,18-20H,4,7-8,11-15,22H2,1-2H3;2*1H/t18-,19+,20?;;/m1../s1. The molecule has 1 amide bonds. The summed E-state index contributed by atoms with van der Waals surface area (Å²) in [6.07, 6.45) is 3.73. The van der Waals surface area contributed by atoms with E-state index in [4.69, 9.17) is 5.73 Å². The molecular formula is C21H35Cl2N3O. The van der Waals surface area contributed by atoms with E-state index in [1.807, 2.05) is 6.07 Å². The summed E-state index contributed by atoms with van der Waals surface area (Å²) >= 11 is 0. The predicted molar refractivity (Wildman–Crippen MR) is 117 cm³/mol. The molecule has 0 spiro atoms. The number of piperidine rings is 1. The van der Waals surface area contributed by atoms with Crippen LogP contribution in [0.3, 0.4) is 0 Å². The summed E-state index contributed by atoms with van der Waals surface area (Å²) in [4.78, 5) is 17.9. The molecule has 1 unspecified atom stereocenters. The number of hydrogen-bond acceptors (Lipinski definition) is 3. The fourth-order valence-corrected chi connectivity index (χ4v) is 4.61. The summed E-state index contributed by atoms with van der Waals surface area (Å²) in [5.74, 6) is 1.39. The highest BCUT2D eigenvalue weighted by atomic mass is 35.5. The number of benzene rings is 1. The van der Waals surface area contributed by atoms with Crippen LogP contribution in [0.1, 0.15) is 44.6 Å². The number of likely N-dealkylation sites (tertiary alicyclic amines) is 2. The van der Waals surface area contributed by atoms with Crippen LogP contribution in [0.4, 0.5) is 0 Å². The molecule has 6 heteroatoms. The Morgan fingerprint density at radius 2 is 1.70 bits per heavy atom. The lowest BCUT2D eigenvalue weighted by molar-refractivity contribution is -0.138. The second kappa shape index (κ2) is 11.3. The quantitative estimate of drug-likeness (QED) is 0.799. The molecule has 2 aliphatic rings. The van der Waals surface area contributed by atoms with Gasteiger partial charge in [-0.3, -0.25) is 9.69 Å². The molecular weight excluding hydrogens is 381 g/mol. The molecule has 2 saturated heterocycles. The Labute approximate surface area is 176 Å². The highest BCUT2D eigenvalue weighted by Gasteiger charge is 2.40. The zero-order chi connectivity index (χ0) is 17.8. The largest absolute Gasteiger partial charge is 0.340 e. The van der Waals surface area contributed by atoms with Crippen molar-refractivity contribution in [1.29, 1.82) is 0 Å². The summed E-state index contributed by atoms with van der Waals surface area (Å²) in [5.41, 5.74) is 7.37. The molecule has 0 saturated carbocycles. The van der Waals surface area contributed by atoms with E-state index in [0.717, 1.165) is 26.2 Å². The molecule has 2 aliphatic heterocycles. The zero-order valence-electron chi connectivity index (χ0n) is 16.5. The van der Waals surface area contributed by atoms with Crippen molar-refractivity contribution in [1.82, 2.24) is 9.80 Å². The molecule has 2 heterocycles. The minimum Gasteiger partial charge on any atom is -0.340 e. The van der Waals surface area contributed by atoms with Gasteiger partial charge in [-0.15, -0.1) is 24.8 Å². The van der Waals surface area contributed by atoms with E-state index in [9.17, 15) is 4.79 Å². The predicted octanol–water partition coefficient (Wildman–Crippen LogP) is 3.54. The molecule has 1 aromatic carbocycles. The second-order valence-electron chi connectivity index (χ2n) is 8.04. The smallest absolute Gasteiger partial charge is 0.240 e. The fraction of sp³-hybridized carbons (Fsp3) is 0.667. The van der Waals surface area contributed by atoms with Crippen LogP contribution >= 0.6 is 24.8 Å². The fourth-order valence-electron chi connectivity index (χ4n) is 4.61. The molecule has 2 fully saturated rings. The van der Waals surface area contributed by atoms with Gasteiger partial charge in [-0.2, -0.15) is 0 Å². The Balaban J connectivity index is 0.00000182. The van der Waals surface area contributed by atoms with Gasteiger partial charge in [-0.1, -0.05) is 50.6 Å². The molecule has 0 aliphatic carbocycles. The number of carbonyl (C=O) groups excluding carboxylic acids is 1. The number of rotatable bonds is 5. The van der Waals surface area contributed by atoms with E-state index in [0.29, 0.717) is 30.2 Å². The highest BCUT2D eigenvalue weighted by Crippen LogP contribution is 2.33. The van der Waals surface area contributed by atoms with Crippen molar-refractivity contribution in [2.75, 3.05) is 32.7 Å². The maximum Gasteiger partial charge on any atom is 0.240 e. The molecule has 2 N–H and O–H groups in total. The van der Waals surface area contributed by atoms with Gasteiger partial charge in [0, 0.05) is 19.0 Å². The summed E-state index contributed by atoms with van der Waals surface area (Å²) in [6.45, 7) is 8.73. The van der Waals surface area contributed by atoms with Gasteiger partial charge in [0.25, 0.3) is 0 Å². The van der Waals surface area contributed by atoms with Gasteiger partial charge in [0.2, 0.25) is 5.91 Å². The van der Waals surface area contributed by atoms with Gasteiger partial charge in [0.1, 0.15) is 0 Å². The first-order valence-electron chi connectivity index (χ1n) is 9.89. The summed E-state index contributed by atoms with van der Waals surface area (Å²) in [5, 5.41) is 0. The number of hydrogen-bond donors (Lipinski definition) is 1. The molecule has 154 valence electrons. The number of halogens is 2. The second-order valence-corrected chi connectivity index (χ2v) is 8.04. The Bertz CT molecular complexity index is 564. The van der Waals surface area contributed by atoms with E-state index in [1.54, 1.807) is 0 Å². The van der Waals surface area contributed by atoms with Crippen LogP contribution in [0, 0.1) is 11.8 Å². The maximum absolute atomic E-state index is 13.4. The van der Waals surface area contributed by atoms with E-state index in [2.05, 4.69) is 47.9 Å². The lowest BCUT2D eigenvalue weighted by Crippen LogP contribution is -2.52. The van der Waals surface area contributed by atoms with Gasteiger partial charge in [0.05, 0.1) is 6.04 Å². The van der Waals surface area contributed by atoms with Crippen LogP contribution in [0.15, 0.2) is 30.3 Å². The van der Waals surface area contributed by atoms with Crippen LogP contribution in [0.2, 0.25) is 0 Å². The minimum absolute atomic E-state index is 0. The van der Waals surface area contributed by atoms with E-state index >= 15 is 0 Å². The van der Waals surface area contributed by atoms with Crippen LogP contribution < -0.4 is 5.73 Å². The van der Waals surface area contributed by atoms with E-state index in [1.165, 1.54) is 24.8 Å². The van der Waals surface area contributed by atoms with Crippen molar-refractivity contribution in [2.45, 2.75) is 45.1 Å². The van der Waals surface area contributed by atoms with Gasteiger partial charge >= 0.3 is 0 Å². The van der Waals surface area contributed by atoms with Gasteiger partial charge in [-0.05, 0) is 49.9 Å². The van der Waals surface area contributed by atoms with Gasteiger partial charge in [0.15, 0.2) is 0 Å². The van der Waals surface area contributed by atoms with Crippen LogP contribution in [0.25, 0.3) is 0 Å². The first-order chi connectivity index (χ1) is 12.1. The Morgan fingerprint density at radius 3 is 2.26 bits per heavy atom. The number of carbonyl (C=O) groups is 1. The van der Waals surface area contributed by atoms with E-state index in [-0.39, 0.29) is 30.9 Å². The Kier molecular flexibility index (Phi) is 10.1. The molecule has 0 aromatic heterocycles. The third kappa shape index (κ3) is 5.60. The van der Waals surface area contributed by atoms with Crippen molar-refractivity contribution in [2.24, 2.45) is 17.6 Å². The SMILES string of the molecule is CC(C)C(C(=O)N1C[C@@H](CN)[C@H](c2ccccc2)C1)N1CCCCC1.Cl.Cl. The molecule has 27 heavy (non-hydrogen) atoms. The number of nitrogens with two attached hydrogens (primary N) is 1. The van der Waals surface area contributed by atoms with E-state index < -0.39 is 0 Å². The third-order valence-corrected chi connectivity index (χ3v) is 5.95. The first kappa shape index (κ1) is 24.2. The summed E-state index contributed by atoms with van der Waals surface area (Å²) < 4.78 is 0. The Hall–Kier alpha value is -0.810. The van der Waals surface area contributed by atoms with Crippen molar-refractivity contribution in [3.05, 3.63) is 35.9 Å². The normalized spacial score (nSPS) is 24.2. The molecule has 0 radical (unpaired) electrons. The molecule has 3 rings (SSSR count). The molecule has 1 aromatic rings. The van der Waals surface area contributed by atoms with Gasteiger partial charge < -0.3 is 10.6 Å². The molecule has 4 nitrogen and oxygen atoms in total. The topological polar surface area (TPSA) is 49.6 Å².